The normalized spacial score (nSPS) is 22.2. The third kappa shape index (κ3) is 53.4. The van der Waals surface area contributed by atoms with Crippen molar-refractivity contribution in [2.24, 2.45) is 5.73 Å². The van der Waals surface area contributed by atoms with Gasteiger partial charge in [0, 0.05) is 189 Å². The van der Waals surface area contributed by atoms with Gasteiger partial charge in [0.15, 0.2) is 0 Å². The minimum absolute atomic E-state index is 0. The molecule has 4 aliphatic rings. The number of ether oxygens (including phenoxy) is 6. The monoisotopic (exact) mass is 1480 g/mol. The van der Waals surface area contributed by atoms with Crippen molar-refractivity contribution in [1.29, 1.82) is 0 Å². The summed E-state index contributed by atoms with van der Waals surface area (Å²) in [7, 11) is 9.60. The molecule has 0 saturated carbocycles. The Morgan fingerprint density at radius 1 is 0.404 bits per heavy atom. The van der Waals surface area contributed by atoms with E-state index in [1.807, 2.05) is 55.4 Å². The van der Waals surface area contributed by atoms with E-state index in [1.165, 1.54) is 21.3 Å². The molecule has 4 heterocycles. The van der Waals surface area contributed by atoms with Crippen molar-refractivity contribution >= 4 is 95.8 Å². The first kappa shape index (κ1) is 114. The predicted molar refractivity (Wildman–Crippen MR) is 383 cm³/mol. The fraction of sp³-hybridized carbons (Fsp3) is 0.902. The maximum atomic E-state index is 11.9. The average Bonchev–Trinajstić information content (AvgIpc) is 1.90. The third-order valence-electron chi connectivity index (χ3n) is 14.9. The van der Waals surface area contributed by atoms with Crippen LogP contribution >= 0.6 is 0 Å². The molecule has 2 amide bonds. The summed E-state index contributed by atoms with van der Waals surface area (Å²) in [4.78, 5) is 66.9. The SMILES string of the molecule is CC[C@H]1O[C@@H](C)C[C@H]1O.CC[C@H]1O[C@@H](C)C[C@H]1O.CC[C@H]1O[C@@H](C)C[C@H]1OC(=O)CCC(=O)NCCC[Si](OC)(OC)OC.CC[C@H]1O[C@@H](C)C[C@H]1OC(=O)CCC(=O)O.CO.CO.CO.CO[Si](CCCN)(OC)OC.CO[Si](CCCNC(=O)CCC(=O)O)(OC)OC.[B].[B].[B].[B]. The number of aliphatic hydroxyl groups is 5. The van der Waals surface area contributed by atoms with Crippen molar-refractivity contribution in [2.45, 2.75) is 256 Å². The van der Waals surface area contributed by atoms with Crippen LogP contribution in [0.25, 0.3) is 0 Å². The Morgan fingerprint density at radius 2 is 0.646 bits per heavy atom. The Hall–Kier alpha value is -3.03. The molecule has 38 heteroatoms. The number of aliphatic hydroxyl groups excluding tert-OH is 5. The highest BCUT2D eigenvalue weighted by Crippen LogP contribution is 2.28. The molecule has 12 radical (unpaired) electrons. The van der Waals surface area contributed by atoms with Crippen molar-refractivity contribution < 1.29 is 133 Å². The van der Waals surface area contributed by atoms with Gasteiger partial charge in [0.2, 0.25) is 11.8 Å². The topological polar surface area (TPSA) is 433 Å². The van der Waals surface area contributed by atoms with Crippen LogP contribution in [0.15, 0.2) is 0 Å². The van der Waals surface area contributed by atoms with E-state index in [1.54, 1.807) is 42.7 Å². The quantitative estimate of drug-likeness (QED) is 0.0248. The smallest absolute Gasteiger partial charge is 0.481 e. The zero-order valence-corrected chi connectivity index (χ0v) is 66.3. The van der Waals surface area contributed by atoms with Crippen molar-refractivity contribution in [3.63, 3.8) is 0 Å². The highest BCUT2D eigenvalue weighted by Gasteiger charge is 2.40. The second-order valence-electron chi connectivity index (χ2n) is 21.7. The number of nitrogens with one attached hydrogen (secondary N) is 2. The van der Waals surface area contributed by atoms with Gasteiger partial charge in [-0.1, -0.05) is 27.7 Å². The first-order valence-corrected chi connectivity index (χ1v) is 38.3. The van der Waals surface area contributed by atoms with Crippen LogP contribution < -0.4 is 16.4 Å². The number of hydrogen-bond donors (Lipinski definition) is 10. The molecule has 99 heavy (non-hydrogen) atoms. The lowest BCUT2D eigenvalue weighted by molar-refractivity contribution is -0.154. The van der Waals surface area contributed by atoms with E-state index in [-0.39, 0.29) is 163 Å². The first-order chi connectivity index (χ1) is 45.1. The van der Waals surface area contributed by atoms with Crippen LogP contribution in [0.3, 0.4) is 0 Å². The summed E-state index contributed by atoms with van der Waals surface area (Å²) in [6, 6.07) is 1.99. The number of amides is 2. The molecule has 0 aliphatic carbocycles. The molecule has 11 N–H and O–H groups in total. The molecule has 580 valence electrons. The Bertz CT molecular complexity index is 1880. The number of carbonyl (C=O) groups is 6. The van der Waals surface area contributed by atoms with E-state index in [2.05, 4.69) is 10.6 Å². The summed E-state index contributed by atoms with van der Waals surface area (Å²) in [5, 5.41) is 61.7. The second-order valence-corrected chi connectivity index (χ2v) is 31.0. The summed E-state index contributed by atoms with van der Waals surface area (Å²) in [5.74, 6) is -3.22. The zero-order chi connectivity index (χ0) is 74.2. The van der Waals surface area contributed by atoms with Crippen LogP contribution in [0.1, 0.15) is 165 Å². The Balaban J connectivity index is -0.000000142. The van der Waals surface area contributed by atoms with E-state index in [0.29, 0.717) is 57.4 Å². The molecule has 0 bridgehead atoms. The molecule has 4 rings (SSSR count). The highest BCUT2D eigenvalue weighted by atomic mass is 28.4. The van der Waals surface area contributed by atoms with Crippen LogP contribution in [0.2, 0.25) is 18.1 Å². The molecule has 12 atom stereocenters. The van der Waals surface area contributed by atoms with Gasteiger partial charge in [-0.3, -0.25) is 28.8 Å². The van der Waals surface area contributed by atoms with Crippen LogP contribution in [-0.2, 0) is 97.0 Å². The van der Waals surface area contributed by atoms with Gasteiger partial charge < -0.3 is 120 Å². The molecule has 0 aromatic rings. The van der Waals surface area contributed by atoms with Gasteiger partial charge >= 0.3 is 50.3 Å². The number of carbonyl (C=O) groups excluding carboxylic acids is 4. The van der Waals surface area contributed by atoms with Crippen molar-refractivity contribution in [2.75, 3.05) is 105 Å². The van der Waals surface area contributed by atoms with Gasteiger partial charge in [-0.25, -0.2) is 0 Å². The van der Waals surface area contributed by atoms with Gasteiger partial charge in [-0.05, 0) is 79.2 Å². The largest absolute Gasteiger partial charge is 0.500 e. The molecule has 0 aromatic carbocycles. The minimum Gasteiger partial charge on any atom is -0.481 e. The molecule has 0 spiro atoms. The molecule has 4 aliphatic heterocycles. The molecular formula is C61H129B4N3O28Si3. The molecular weight excluding hydrogens is 1350 g/mol. The van der Waals surface area contributed by atoms with Gasteiger partial charge in [0.05, 0.1) is 86.7 Å². The second kappa shape index (κ2) is 70.6. The Kier molecular flexibility index (Phi) is 81.6. The van der Waals surface area contributed by atoms with Crippen LogP contribution in [0, 0.1) is 0 Å². The number of esters is 2. The number of nitrogens with two attached hydrogens (primary N) is 1. The van der Waals surface area contributed by atoms with E-state index >= 15 is 0 Å². The lowest BCUT2D eigenvalue weighted by Gasteiger charge is -2.24. The van der Waals surface area contributed by atoms with Crippen molar-refractivity contribution in [3.8, 4) is 0 Å². The standard InChI is InChI=1S/C17H33NO7Si.C11H18O5.C10H21NO6Si.2C7H14O2.C6H17NO3Si.3CH4O.4B/c1-6-14-15(12-13(2)24-14)25-17(20)9-8-16(19)18-10-7-11-26(21-3,22-4)23-5;1-3-8-9(6-7(2)15-8)16-11(14)5-4-10(12)13;1-15-18(16-2,17-3)8-4-7-11-9(12)5-6-10(13)14;2*1-3-7-6(8)4-5(2)9-7;1-8-11(9-2,10-3)6-4-5-7;3*1-2;;;;/h13-15H,6-12H2,1-5H3,(H,18,19);7-9H,3-6H2,1-2H3,(H,12,13);4-8H2,1-3H3,(H,11,12)(H,13,14);2*5-8H,3-4H2,1-2H3;4-7H2,1-3H3;3*2H,1H3;;;;/t13-,14+,15+;7-,8+,9+;;2*5-,6+,7+;;;;;;;;/m00.00......../s1. The lowest BCUT2D eigenvalue weighted by Crippen LogP contribution is -2.43. The zero-order valence-electron chi connectivity index (χ0n) is 63.3. The summed E-state index contributed by atoms with van der Waals surface area (Å²) in [6.45, 7) is 17.5. The number of carboxylic acids is 2. The number of carboxylic acid groups (broad SMARTS) is 2. The van der Waals surface area contributed by atoms with Crippen LogP contribution in [0.4, 0.5) is 0 Å². The number of hydrogen-bond acceptors (Lipinski definition) is 27. The third-order valence-corrected chi connectivity index (χ3v) is 23.4. The van der Waals surface area contributed by atoms with E-state index in [4.69, 9.17) is 99.5 Å². The lowest BCUT2D eigenvalue weighted by atomic mass is 10.1. The maximum absolute atomic E-state index is 11.9. The summed E-state index contributed by atoms with van der Waals surface area (Å²) in [6.07, 6.45) is 8.36. The molecule has 4 fully saturated rings. The minimum atomic E-state index is -2.60. The van der Waals surface area contributed by atoms with Gasteiger partial charge in [0.25, 0.3) is 0 Å². The summed E-state index contributed by atoms with van der Waals surface area (Å²) >= 11 is 0. The van der Waals surface area contributed by atoms with Crippen molar-refractivity contribution in [1.82, 2.24) is 10.6 Å². The Morgan fingerprint density at radius 3 is 0.879 bits per heavy atom. The van der Waals surface area contributed by atoms with Gasteiger partial charge in [-0.2, -0.15) is 0 Å². The first-order valence-electron chi connectivity index (χ1n) is 32.5. The predicted octanol–water partition coefficient (Wildman–Crippen LogP) is 2.62. The number of aliphatic carboxylic acids is 2. The molecule has 31 nitrogen and oxygen atoms in total. The highest BCUT2D eigenvalue weighted by molar-refractivity contribution is 6.61. The van der Waals surface area contributed by atoms with Gasteiger partial charge in [-0.15, -0.1) is 0 Å². The van der Waals surface area contributed by atoms with Crippen molar-refractivity contribution in [3.05, 3.63) is 0 Å². The number of rotatable bonds is 35. The average molecular weight is 1480 g/mol. The van der Waals surface area contributed by atoms with Crippen LogP contribution in [-0.4, -0.2) is 310 Å². The van der Waals surface area contributed by atoms with E-state index in [0.717, 1.165) is 72.3 Å². The fourth-order valence-electron chi connectivity index (χ4n) is 9.75. The molecule has 0 aromatic heterocycles. The fourth-order valence-corrected chi connectivity index (χ4v) is 14.9. The van der Waals surface area contributed by atoms with Crippen LogP contribution in [0.5, 0.6) is 0 Å². The van der Waals surface area contributed by atoms with E-state index in [9.17, 15) is 39.0 Å². The van der Waals surface area contributed by atoms with Gasteiger partial charge in [0.1, 0.15) is 12.2 Å². The Labute approximate surface area is 603 Å². The van der Waals surface area contributed by atoms with E-state index < -0.39 is 44.3 Å². The molecule has 4 saturated heterocycles. The molecule has 0 unspecified atom stereocenters. The summed E-state index contributed by atoms with van der Waals surface area (Å²) in [5.41, 5.74) is 5.36. The maximum Gasteiger partial charge on any atom is 0.500 e. The summed E-state index contributed by atoms with van der Waals surface area (Å²) < 4.78 is 79.8.